The van der Waals surface area contributed by atoms with Gasteiger partial charge in [0, 0.05) is 6.20 Å². The van der Waals surface area contributed by atoms with E-state index in [9.17, 15) is 14.4 Å². The summed E-state index contributed by atoms with van der Waals surface area (Å²) in [4.78, 5) is 37.3. The number of anilines is 1. The summed E-state index contributed by atoms with van der Waals surface area (Å²) in [6.07, 6.45) is 5.75. The van der Waals surface area contributed by atoms with E-state index in [1.165, 1.54) is 6.20 Å². The van der Waals surface area contributed by atoms with Gasteiger partial charge < -0.3 is 16.0 Å². The number of carbonyl (C=O) groups excluding carboxylic acids is 3. The number of allylic oxidation sites excluding steroid dienone is 2. The number of nitrogens with zero attached hydrogens (tertiary/aromatic N) is 1. The third-order valence-corrected chi connectivity index (χ3v) is 2.65. The first-order valence-corrected chi connectivity index (χ1v) is 6.80. The highest BCUT2D eigenvalue weighted by Gasteiger charge is 2.08. The largest absolute Gasteiger partial charge is 0.333 e. The van der Waals surface area contributed by atoms with Crippen LogP contribution >= 0.6 is 0 Å². The van der Waals surface area contributed by atoms with Gasteiger partial charge in [-0.05, 0) is 32.1 Å². The van der Waals surface area contributed by atoms with Gasteiger partial charge in [0.25, 0.3) is 5.91 Å². The van der Waals surface area contributed by atoms with Crippen LogP contribution in [0.15, 0.2) is 53.3 Å². The van der Waals surface area contributed by atoms with Gasteiger partial charge in [-0.15, -0.1) is 0 Å². The number of aliphatic imine (C=N–C) groups is 1. The van der Waals surface area contributed by atoms with Gasteiger partial charge in [0.1, 0.15) is 5.71 Å². The molecule has 7 nitrogen and oxygen atoms in total. The fourth-order valence-electron chi connectivity index (χ4n) is 1.64. The van der Waals surface area contributed by atoms with Crippen LogP contribution in [0.1, 0.15) is 13.8 Å². The summed E-state index contributed by atoms with van der Waals surface area (Å²) in [5, 5.41) is 7.49. The summed E-state index contributed by atoms with van der Waals surface area (Å²) >= 11 is 0. The molecule has 120 valence electrons. The number of para-hydroxylation sites is 2. The molecule has 0 bridgehead atoms. The lowest BCUT2D eigenvalue weighted by molar-refractivity contribution is -0.114. The molecule has 0 spiro atoms. The van der Waals surface area contributed by atoms with Crippen molar-refractivity contribution < 1.29 is 14.4 Å². The molecule has 7 heteroatoms. The highest BCUT2D eigenvalue weighted by molar-refractivity contribution is 6.38. The van der Waals surface area contributed by atoms with Gasteiger partial charge in [-0.2, -0.15) is 0 Å². The molecular weight excluding hydrogens is 296 g/mol. The summed E-state index contributed by atoms with van der Waals surface area (Å²) in [6, 6.07) is 6.86. The van der Waals surface area contributed by atoms with Crippen LogP contribution in [-0.4, -0.2) is 24.4 Å². The normalized spacial score (nSPS) is 11.9. The lowest BCUT2D eigenvalue weighted by Gasteiger charge is -2.07. The molecule has 1 aromatic carbocycles. The van der Waals surface area contributed by atoms with Gasteiger partial charge in [0.2, 0.25) is 12.8 Å². The Balaban J connectivity index is 2.95. The first-order valence-electron chi connectivity index (χ1n) is 6.80. The molecule has 0 aliphatic carbocycles. The third-order valence-electron chi connectivity index (χ3n) is 2.65. The second-order valence-electron chi connectivity index (χ2n) is 4.31. The van der Waals surface area contributed by atoms with Crippen molar-refractivity contribution in [2.75, 3.05) is 5.32 Å². The third kappa shape index (κ3) is 5.96. The van der Waals surface area contributed by atoms with E-state index in [0.717, 1.165) is 0 Å². The summed E-state index contributed by atoms with van der Waals surface area (Å²) in [7, 11) is 0. The zero-order valence-electron chi connectivity index (χ0n) is 12.9. The zero-order valence-corrected chi connectivity index (χ0v) is 12.9. The summed E-state index contributed by atoms with van der Waals surface area (Å²) in [5.74, 6) is -0.428. The van der Waals surface area contributed by atoms with Gasteiger partial charge in [-0.3, -0.25) is 14.4 Å². The summed E-state index contributed by atoms with van der Waals surface area (Å²) in [5.41, 5.74) is 1.58. The van der Waals surface area contributed by atoms with Crippen molar-refractivity contribution in [3.63, 3.8) is 0 Å². The van der Waals surface area contributed by atoms with Crippen molar-refractivity contribution in [1.82, 2.24) is 10.6 Å². The van der Waals surface area contributed by atoms with Crippen molar-refractivity contribution in [2.24, 2.45) is 4.99 Å². The van der Waals surface area contributed by atoms with Crippen LogP contribution in [0.25, 0.3) is 0 Å². The minimum atomic E-state index is -0.428. The fraction of sp³-hybridized carbons (Fsp3) is 0.125. The molecule has 0 radical (unpaired) electrons. The monoisotopic (exact) mass is 314 g/mol. The molecule has 0 saturated heterocycles. The quantitative estimate of drug-likeness (QED) is 0.386. The number of hydrogen-bond acceptors (Lipinski definition) is 4. The van der Waals surface area contributed by atoms with Crippen molar-refractivity contribution in [1.29, 1.82) is 0 Å². The van der Waals surface area contributed by atoms with Crippen LogP contribution < -0.4 is 16.0 Å². The van der Waals surface area contributed by atoms with E-state index < -0.39 is 5.91 Å². The van der Waals surface area contributed by atoms with Crippen molar-refractivity contribution in [3.05, 3.63) is 48.3 Å². The van der Waals surface area contributed by atoms with Crippen LogP contribution in [0.2, 0.25) is 0 Å². The van der Waals surface area contributed by atoms with E-state index in [-0.39, 0.29) is 5.71 Å². The molecule has 0 atom stereocenters. The SMILES string of the molecule is C/C=C\C(=C/NC=O)NC(=O)C(C)=Nc1ccccc1NC=O. The number of benzene rings is 1. The van der Waals surface area contributed by atoms with Crippen LogP contribution in [0.3, 0.4) is 0 Å². The predicted octanol–water partition coefficient (Wildman–Crippen LogP) is 1.63. The lowest BCUT2D eigenvalue weighted by Crippen LogP contribution is -2.29. The number of rotatable bonds is 8. The number of carbonyl (C=O) groups is 3. The molecule has 0 aliphatic heterocycles. The second-order valence-corrected chi connectivity index (χ2v) is 4.31. The van der Waals surface area contributed by atoms with Crippen molar-refractivity contribution >= 4 is 35.8 Å². The van der Waals surface area contributed by atoms with Gasteiger partial charge in [-0.25, -0.2) is 4.99 Å². The fourth-order valence-corrected chi connectivity index (χ4v) is 1.64. The Bertz CT molecular complexity index is 663. The topological polar surface area (TPSA) is 99.7 Å². The Morgan fingerprint density at radius 2 is 1.91 bits per heavy atom. The minimum absolute atomic E-state index is 0.201. The van der Waals surface area contributed by atoms with E-state index >= 15 is 0 Å². The molecule has 0 saturated carbocycles. The highest BCUT2D eigenvalue weighted by Crippen LogP contribution is 2.23. The maximum Gasteiger partial charge on any atom is 0.269 e. The van der Waals surface area contributed by atoms with E-state index in [4.69, 9.17) is 0 Å². The average Bonchev–Trinajstić information content (AvgIpc) is 2.54. The van der Waals surface area contributed by atoms with E-state index in [2.05, 4.69) is 20.9 Å². The maximum absolute atomic E-state index is 12.1. The predicted molar refractivity (Wildman–Crippen MR) is 89.1 cm³/mol. The molecule has 1 rings (SSSR count). The van der Waals surface area contributed by atoms with Crippen LogP contribution in [-0.2, 0) is 14.4 Å². The van der Waals surface area contributed by atoms with Crippen LogP contribution in [0.4, 0.5) is 11.4 Å². The van der Waals surface area contributed by atoms with E-state index in [1.54, 1.807) is 50.3 Å². The molecular formula is C16H18N4O3. The van der Waals surface area contributed by atoms with Gasteiger partial charge in [-0.1, -0.05) is 18.2 Å². The van der Waals surface area contributed by atoms with Crippen molar-refractivity contribution in [2.45, 2.75) is 13.8 Å². The van der Waals surface area contributed by atoms with Gasteiger partial charge in [0.05, 0.1) is 17.1 Å². The average molecular weight is 314 g/mol. The Kier molecular flexibility index (Phi) is 7.50. The summed E-state index contributed by atoms with van der Waals surface area (Å²) in [6.45, 7) is 3.33. The standard InChI is InChI=1S/C16H18N4O3/c1-3-6-13(9-17-10-21)20-16(23)12(2)19-15-8-5-4-7-14(15)18-11-22/h3-11H,1-2H3,(H,17,21)(H,18,22)(H,20,23)/b6-3-,13-9+,19-12?. The highest BCUT2D eigenvalue weighted by atomic mass is 16.2. The Labute approximate surface area is 134 Å². The molecule has 0 fully saturated rings. The molecule has 1 aromatic rings. The maximum atomic E-state index is 12.1. The van der Waals surface area contributed by atoms with Crippen LogP contribution in [0.5, 0.6) is 0 Å². The number of amides is 3. The Morgan fingerprint density at radius 3 is 2.57 bits per heavy atom. The zero-order chi connectivity index (χ0) is 17.1. The van der Waals surface area contributed by atoms with Crippen LogP contribution in [0, 0.1) is 0 Å². The second kappa shape index (κ2) is 9.67. The van der Waals surface area contributed by atoms with E-state index in [0.29, 0.717) is 29.9 Å². The molecule has 3 N–H and O–H groups in total. The van der Waals surface area contributed by atoms with Gasteiger partial charge >= 0.3 is 0 Å². The first kappa shape index (κ1) is 17.8. The minimum Gasteiger partial charge on any atom is -0.333 e. The lowest BCUT2D eigenvalue weighted by atomic mass is 10.2. The molecule has 0 unspecified atom stereocenters. The van der Waals surface area contributed by atoms with Crippen molar-refractivity contribution in [3.8, 4) is 0 Å². The first-order chi connectivity index (χ1) is 11.1. The molecule has 0 aliphatic rings. The molecule has 0 heterocycles. The summed E-state index contributed by atoms with van der Waals surface area (Å²) < 4.78 is 0. The Morgan fingerprint density at radius 1 is 1.17 bits per heavy atom. The van der Waals surface area contributed by atoms with Gasteiger partial charge in [0.15, 0.2) is 0 Å². The molecule has 3 amide bonds. The number of nitrogens with one attached hydrogen (secondary N) is 3. The molecule has 23 heavy (non-hydrogen) atoms. The Hall–Kier alpha value is -3.22. The number of hydrogen-bond donors (Lipinski definition) is 3. The molecule has 0 aromatic heterocycles. The smallest absolute Gasteiger partial charge is 0.269 e. The van der Waals surface area contributed by atoms with E-state index in [1.807, 2.05) is 0 Å².